The Morgan fingerprint density at radius 2 is 2.07 bits per heavy atom. The molecule has 8 heteroatoms. The number of ketones is 1. The van der Waals surface area contributed by atoms with Gasteiger partial charge in [-0.1, -0.05) is 17.7 Å². The maximum absolute atomic E-state index is 13.3. The Balaban J connectivity index is 1.88. The Hall–Kier alpha value is -2.90. The highest BCUT2D eigenvalue weighted by molar-refractivity contribution is 7.14. The Bertz CT molecular complexity index is 1120. The van der Waals surface area contributed by atoms with Gasteiger partial charge in [0.25, 0.3) is 5.91 Å². The number of furan rings is 1. The summed E-state index contributed by atoms with van der Waals surface area (Å²) in [6.45, 7) is 3.52. The molecule has 142 valence electrons. The van der Waals surface area contributed by atoms with Crippen molar-refractivity contribution >= 4 is 40.3 Å². The molecule has 6 nitrogen and oxygen atoms in total. The second kappa shape index (κ2) is 6.92. The van der Waals surface area contributed by atoms with E-state index >= 15 is 0 Å². The van der Waals surface area contributed by atoms with Crippen molar-refractivity contribution in [2.45, 2.75) is 19.9 Å². The number of nitrogens with zero attached hydrogens (tertiary/aromatic N) is 2. The zero-order valence-corrected chi connectivity index (χ0v) is 16.5. The number of rotatable bonds is 4. The second-order valence-electron chi connectivity index (χ2n) is 6.31. The normalized spacial score (nSPS) is 16.9. The minimum atomic E-state index is -0.907. The van der Waals surface area contributed by atoms with Crippen LogP contribution in [-0.4, -0.2) is 21.8 Å². The molecule has 0 saturated carbocycles. The van der Waals surface area contributed by atoms with E-state index in [1.807, 2.05) is 0 Å². The fraction of sp³-hybridized carbons (Fsp3) is 0.150. The van der Waals surface area contributed by atoms with Gasteiger partial charge in [-0.15, -0.1) is 11.3 Å². The number of amides is 1. The number of carbonyl (C=O) groups excluding carboxylic acids is 2. The van der Waals surface area contributed by atoms with E-state index in [1.165, 1.54) is 22.5 Å². The van der Waals surface area contributed by atoms with Gasteiger partial charge in [0.15, 0.2) is 5.76 Å². The lowest BCUT2D eigenvalue weighted by Crippen LogP contribution is -2.30. The fourth-order valence-corrected chi connectivity index (χ4v) is 4.37. The average molecular weight is 415 g/mol. The molecule has 1 aromatic carbocycles. The number of Topliss-reactive ketones (excluding diaryl/α,β-unsaturated/α-hetero) is 1. The second-order valence-corrected chi connectivity index (χ2v) is 7.95. The number of benzene rings is 1. The summed E-state index contributed by atoms with van der Waals surface area (Å²) < 4.78 is 5.51. The van der Waals surface area contributed by atoms with Gasteiger partial charge in [-0.05, 0) is 44.2 Å². The molecule has 0 spiro atoms. The molecule has 3 heterocycles. The quantitative estimate of drug-likeness (QED) is 0.620. The van der Waals surface area contributed by atoms with Crippen LogP contribution in [0.25, 0.3) is 0 Å². The van der Waals surface area contributed by atoms with Crippen LogP contribution in [0.15, 0.2) is 58.4 Å². The molecular weight excluding hydrogens is 400 g/mol. The standard InChI is InChI=1S/C20H15ClN2O4S/c1-10-19(28-11(2)22-10)17(24)15-16(14-7-4-8-27-14)23(20(26)18(15)25)13-6-3-5-12(21)9-13/h3-9,16,25H,1-2H3. The molecule has 28 heavy (non-hydrogen) atoms. The number of halogens is 1. The maximum atomic E-state index is 13.3. The first-order chi connectivity index (χ1) is 13.4. The van der Waals surface area contributed by atoms with E-state index in [-0.39, 0.29) is 5.57 Å². The molecule has 0 fully saturated rings. The Morgan fingerprint density at radius 1 is 1.29 bits per heavy atom. The summed E-state index contributed by atoms with van der Waals surface area (Å²) in [6, 6.07) is 9.06. The first-order valence-corrected chi connectivity index (χ1v) is 9.62. The molecule has 0 aliphatic carbocycles. The van der Waals surface area contributed by atoms with Crippen molar-refractivity contribution in [1.82, 2.24) is 4.98 Å². The third kappa shape index (κ3) is 2.93. The predicted octanol–water partition coefficient (Wildman–Crippen LogP) is 4.79. The summed E-state index contributed by atoms with van der Waals surface area (Å²) in [5.41, 5.74) is 0.969. The maximum Gasteiger partial charge on any atom is 0.294 e. The lowest BCUT2D eigenvalue weighted by atomic mass is 9.99. The zero-order valence-electron chi connectivity index (χ0n) is 15.0. The van der Waals surface area contributed by atoms with Crippen LogP contribution < -0.4 is 4.90 Å². The fourth-order valence-electron chi connectivity index (χ4n) is 3.31. The molecule has 3 aromatic rings. The Kier molecular flexibility index (Phi) is 4.56. The zero-order chi connectivity index (χ0) is 20.0. The number of anilines is 1. The summed E-state index contributed by atoms with van der Waals surface area (Å²) in [4.78, 5) is 32.2. The predicted molar refractivity (Wildman–Crippen MR) is 106 cm³/mol. The SMILES string of the molecule is Cc1nc(C)c(C(=O)C2=C(O)C(=O)N(c3cccc(Cl)c3)C2c2ccco2)s1. The lowest BCUT2D eigenvalue weighted by Gasteiger charge is -2.25. The van der Waals surface area contributed by atoms with Crippen molar-refractivity contribution in [2.75, 3.05) is 4.90 Å². The average Bonchev–Trinajstić information content (AvgIpc) is 3.34. The van der Waals surface area contributed by atoms with Crippen molar-refractivity contribution in [1.29, 1.82) is 0 Å². The summed E-state index contributed by atoms with van der Waals surface area (Å²) in [5.74, 6) is -1.37. The van der Waals surface area contributed by atoms with Crippen molar-refractivity contribution in [3.8, 4) is 0 Å². The molecule has 0 bridgehead atoms. The third-order valence-electron chi connectivity index (χ3n) is 4.46. The molecular formula is C20H15ClN2O4S. The number of aliphatic hydroxyl groups excluding tert-OH is 1. The molecule has 1 aliphatic heterocycles. The number of carbonyl (C=O) groups is 2. The Morgan fingerprint density at radius 3 is 2.68 bits per heavy atom. The number of hydrogen-bond donors (Lipinski definition) is 1. The van der Waals surface area contributed by atoms with Crippen LogP contribution in [0.2, 0.25) is 5.02 Å². The van der Waals surface area contributed by atoms with E-state index in [2.05, 4.69) is 4.98 Å². The van der Waals surface area contributed by atoms with Gasteiger partial charge in [-0.25, -0.2) is 4.98 Å². The molecule has 1 aliphatic rings. The largest absolute Gasteiger partial charge is 0.503 e. The highest BCUT2D eigenvalue weighted by Crippen LogP contribution is 2.43. The van der Waals surface area contributed by atoms with Crippen molar-refractivity contribution in [3.05, 3.63) is 80.4 Å². The molecule has 4 rings (SSSR count). The van der Waals surface area contributed by atoms with Gasteiger partial charge in [0.05, 0.1) is 27.4 Å². The van der Waals surface area contributed by atoms with Crippen molar-refractivity contribution < 1.29 is 19.1 Å². The lowest BCUT2D eigenvalue weighted by molar-refractivity contribution is -0.117. The van der Waals surface area contributed by atoms with Gasteiger partial charge in [0.1, 0.15) is 11.8 Å². The molecule has 1 unspecified atom stereocenters. The monoisotopic (exact) mass is 414 g/mol. The summed E-state index contributed by atoms with van der Waals surface area (Å²) in [6.07, 6.45) is 1.45. The Labute approximate surface area is 169 Å². The number of hydrogen-bond acceptors (Lipinski definition) is 6. The van der Waals surface area contributed by atoms with E-state index < -0.39 is 23.5 Å². The van der Waals surface area contributed by atoms with Crippen LogP contribution in [0.3, 0.4) is 0 Å². The van der Waals surface area contributed by atoms with Crippen LogP contribution in [-0.2, 0) is 4.79 Å². The molecule has 1 N–H and O–H groups in total. The van der Waals surface area contributed by atoms with Crippen LogP contribution >= 0.6 is 22.9 Å². The summed E-state index contributed by atoms with van der Waals surface area (Å²) in [7, 11) is 0. The van der Waals surface area contributed by atoms with Gasteiger partial charge in [-0.2, -0.15) is 0 Å². The van der Waals surface area contributed by atoms with Gasteiger partial charge < -0.3 is 9.52 Å². The van der Waals surface area contributed by atoms with Gasteiger partial charge >= 0.3 is 0 Å². The number of aliphatic hydroxyl groups is 1. The first kappa shape index (κ1) is 18.5. The van der Waals surface area contributed by atoms with E-state index in [1.54, 1.807) is 50.2 Å². The highest BCUT2D eigenvalue weighted by atomic mass is 35.5. The van der Waals surface area contributed by atoms with Gasteiger partial charge in [0, 0.05) is 10.7 Å². The topological polar surface area (TPSA) is 83.6 Å². The molecule has 1 amide bonds. The smallest absolute Gasteiger partial charge is 0.294 e. The van der Waals surface area contributed by atoms with Crippen LogP contribution in [0.1, 0.15) is 32.2 Å². The minimum Gasteiger partial charge on any atom is -0.503 e. The third-order valence-corrected chi connectivity index (χ3v) is 5.77. The van der Waals surface area contributed by atoms with E-state index in [4.69, 9.17) is 16.0 Å². The molecule has 0 saturated heterocycles. The molecule has 1 atom stereocenters. The van der Waals surface area contributed by atoms with Crippen LogP contribution in [0.5, 0.6) is 0 Å². The van der Waals surface area contributed by atoms with Gasteiger partial charge in [0.2, 0.25) is 5.78 Å². The minimum absolute atomic E-state index is 0.0355. The summed E-state index contributed by atoms with van der Waals surface area (Å²) in [5, 5.41) is 11.8. The van der Waals surface area contributed by atoms with Crippen molar-refractivity contribution in [3.63, 3.8) is 0 Å². The molecule has 0 radical (unpaired) electrons. The van der Waals surface area contributed by atoms with Crippen molar-refractivity contribution in [2.24, 2.45) is 0 Å². The summed E-state index contributed by atoms with van der Waals surface area (Å²) >= 11 is 7.31. The number of aryl methyl sites for hydroxylation is 2. The van der Waals surface area contributed by atoms with E-state index in [9.17, 15) is 14.7 Å². The molecule has 2 aromatic heterocycles. The first-order valence-electron chi connectivity index (χ1n) is 8.43. The highest BCUT2D eigenvalue weighted by Gasteiger charge is 2.46. The van der Waals surface area contributed by atoms with E-state index in [0.29, 0.717) is 27.0 Å². The number of thiazole rings is 1. The van der Waals surface area contributed by atoms with Gasteiger partial charge in [-0.3, -0.25) is 14.5 Å². The van der Waals surface area contributed by atoms with Crippen LogP contribution in [0, 0.1) is 13.8 Å². The van der Waals surface area contributed by atoms with E-state index in [0.717, 1.165) is 5.01 Å². The number of aromatic nitrogens is 1. The van der Waals surface area contributed by atoms with Crippen LogP contribution in [0.4, 0.5) is 5.69 Å².